The molecule has 0 radical (unpaired) electrons. The normalized spacial score (nSPS) is 10.6. The lowest BCUT2D eigenvalue weighted by molar-refractivity contribution is -0.118. The molecule has 0 atom stereocenters. The summed E-state index contributed by atoms with van der Waals surface area (Å²) >= 11 is 9.53. The average Bonchev–Trinajstić information content (AvgIpc) is 2.89. The van der Waals surface area contributed by atoms with Gasteiger partial charge in [-0.2, -0.15) is 5.10 Å². The van der Waals surface area contributed by atoms with Crippen LogP contribution in [0.5, 0.6) is 17.2 Å². The standard InChI is InChI=1S/C28H27BrClN3O5/c1-4-12-37-25-11-8-20(14-26(25)36-5-2)28(35)33-31-16-19-7-10-24(22(29)13-19)38-17-27(34)32-21-9-6-18(3)23(30)15-21/h4,6-11,13-16H,1,5,12,17H2,2-3H3,(H,32,34)(H,33,35)/b31-16+. The number of ether oxygens (including phenoxy) is 3. The second-order valence-electron chi connectivity index (χ2n) is 7.88. The minimum absolute atomic E-state index is 0.186. The molecule has 0 aliphatic carbocycles. The summed E-state index contributed by atoms with van der Waals surface area (Å²) in [5, 5.41) is 7.34. The summed E-state index contributed by atoms with van der Waals surface area (Å²) in [6, 6.07) is 15.4. The maximum Gasteiger partial charge on any atom is 0.271 e. The van der Waals surface area contributed by atoms with Crippen LogP contribution in [0.4, 0.5) is 5.69 Å². The Labute approximate surface area is 234 Å². The molecule has 10 heteroatoms. The van der Waals surface area contributed by atoms with Crippen molar-refractivity contribution in [2.45, 2.75) is 13.8 Å². The molecular formula is C28H27BrClN3O5. The van der Waals surface area contributed by atoms with Crippen molar-refractivity contribution >= 4 is 51.2 Å². The van der Waals surface area contributed by atoms with Gasteiger partial charge in [-0.25, -0.2) is 5.43 Å². The molecule has 8 nitrogen and oxygen atoms in total. The van der Waals surface area contributed by atoms with Gasteiger partial charge in [-0.1, -0.05) is 30.3 Å². The molecule has 0 unspecified atom stereocenters. The number of halogens is 2. The smallest absolute Gasteiger partial charge is 0.271 e. The first-order valence-electron chi connectivity index (χ1n) is 11.6. The van der Waals surface area contributed by atoms with Crippen LogP contribution in [0.15, 0.2) is 76.8 Å². The molecule has 0 bridgehead atoms. The van der Waals surface area contributed by atoms with E-state index in [0.717, 1.165) is 5.56 Å². The number of carbonyl (C=O) groups is 2. The van der Waals surface area contributed by atoms with Crippen molar-refractivity contribution in [2.24, 2.45) is 5.10 Å². The third kappa shape index (κ3) is 8.36. The Morgan fingerprint density at radius 2 is 1.82 bits per heavy atom. The number of rotatable bonds is 12. The van der Waals surface area contributed by atoms with Crippen LogP contribution in [0.3, 0.4) is 0 Å². The van der Waals surface area contributed by atoms with Crippen LogP contribution in [0.1, 0.15) is 28.4 Å². The number of anilines is 1. The monoisotopic (exact) mass is 599 g/mol. The van der Waals surface area contributed by atoms with E-state index >= 15 is 0 Å². The Bertz CT molecular complexity index is 1350. The Hall–Kier alpha value is -3.82. The Kier molecular flexibility index (Phi) is 10.7. The number of carbonyl (C=O) groups excluding carboxylic acids is 2. The van der Waals surface area contributed by atoms with E-state index in [0.29, 0.717) is 56.8 Å². The molecule has 3 aromatic rings. The molecule has 0 saturated heterocycles. The second-order valence-corrected chi connectivity index (χ2v) is 9.15. The van der Waals surface area contributed by atoms with Crippen LogP contribution in [-0.2, 0) is 4.79 Å². The fraction of sp³-hybridized carbons (Fsp3) is 0.179. The minimum atomic E-state index is -0.405. The molecule has 0 spiro atoms. The SMILES string of the molecule is C=CCOc1ccc(C(=O)N/N=C/c2ccc(OCC(=O)Nc3ccc(C)c(Cl)c3)c(Br)c2)cc1OCC. The Morgan fingerprint density at radius 3 is 2.53 bits per heavy atom. The van der Waals surface area contributed by atoms with Crippen LogP contribution in [0, 0.1) is 6.92 Å². The van der Waals surface area contributed by atoms with E-state index in [1.807, 2.05) is 19.9 Å². The summed E-state index contributed by atoms with van der Waals surface area (Å²) in [7, 11) is 0. The van der Waals surface area contributed by atoms with Gasteiger partial charge in [0.05, 0.1) is 17.3 Å². The van der Waals surface area contributed by atoms with Crippen molar-refractivity contribution in [1.29, 1.82) is 0 Å². The number of hydrogen-bond acceptors (Lipinski definition) is 6. The molecule has 3 aromatic carbocycles. The summed E-state index contributed by atoms with van der Waals surface area (Å²) in [6.07, 6.45) is 3.12. The highest BCUT2D eigenvalue weighted by molar-refractivity contribution is 9.10. The highest BCUT2D eigenvalue weighted by Gasteiger charge is 2.12. The van der Waals surface area contributed by atoms with E-state index in [1.165, 1.54) is 6.21 Å². The Morgan fingerprint density at radius 1 is 1.03 bits per heavy atom. The third-order valence-electron chi connectivity index (χ3n) is 5.01. The second kappa shape index (κ2) is 14.2. The molecule has 3 rings (SSSR count). The van der Waals surface area contributed by atoms with Gasteiger partial charge >= 0.3 is 0 Å². The highest BCUT2D eigenvalue weighted by Crippen LogP contribution is 2.29. The first kappa shape index (κ1) is 28.7. The quantitative estimate of drug-likeness (QED) is 0.148. The van der Waals surface area contributed by atoms with Gasteiger partial charge < -0.3 is 19.5 Å². The average molecular weight is 601 g/mol. The number of nitrogens with one attached hydrogen (secondary N) is 2. The van der Waals surface area contributed by atoms with Gasteiger partial charge in [-0.15, -0.1) is 0 Å². The van der Waals surface area contributed by atoms with Gasteiger partial charge in [-0.05, 0) is 89.4 Å². The van der Waals surface area contributed by atoms with Crippen LogP contribution >= 0.6 is 27.5 Å². The fourth-order valence-corrected chi connectivity index (χ4v) is 3.83. The number of hydrogen-bond donors (Lipinski definition) is 2. The molecular weight excluding hydrogens is 574 g/mol. The molecule has 0 aliphatic heterocycles. The van der Waals surface area contributed by atoms with Gasteiger partial charge in [0.15, 0.2) is 18.1 Å². The van der Waals surface area contributed by atoms with Crippen LogP contribution < -0.4 is 25.0 Å². The van der Waals surface area contributed by atoms with E-state index in [9.17, 15) is 9.59 Å². The lowest BCUT2D eigenvalue weighted by atomic mass is 10.2. The molecule has 2 amide bonds. The molecule has 38 heavy (non-hydrogen) atoms. The van der Waals surface area contributed by atoms with Crippen molar-refractivity contribution in [3.63, 3.8) is 0 Å². The fourth-order valence-electron chi connectivity index (χ4n) is 3.14. The molecule has 2 N–H and O–H groups in total. The first-order chi connectivity index (χ1) is 18.3. The van der Waals surface area contributed by atoms with Crippen LogP contribution in [-0.4, -0.2) is 37.8 Å². The summed E-state index contributed by atoms with van der Waals surface area (Å²) < 4.78 is 17.4. The van der Waals surface area contributed by atoms with Gasteiger partial charge in [0.1, 0.15) is 12.4 Å². The van der Waals surface area contributed by atoms with Gasteiger partial charge in [0, 0.05) is 16.3 Å². The van der Waals surface area contributed by atoms with Crippen molar-refractivity contribution in [2.75, 3.05) is 25.1 Å². The minimum Gasteiger partial charge on any atom is -0.490 e. The topological polar surface area (TPSA) is 98.3 Å². The van der Waals surface area contributed by atoms with Crippen molar-refractivity contribution in [3.05, 3.63) is 93.4 Å². The maximum absolute atomic E-state index is 12.5. The van der Waals surface area contributed by atoms with E-state index in [1.54, 1.807) is 54.6 Å². The highest BCUT2D eigenvalue weighted by atomic mass is 79.9. The predicted octanol–water partition coefficient (Wildman–Crippen LogP) is 6.16. The molecule has 0 aliphatic rings. The van der Waals surface area contributed by atoms with Crippen molar-refractivity contribution in [1.82, 2.24) is 5.43 Å². The molecule has 0 fully saturated rings. The summed E-state index contributed by atoms with van der Waals surface area (Å²) in [5.41, 5.74) is 5.08. The number of aryl methyl sites for hydroxylation is 1. The molecule has 0 heterocycles. The third-order valence-corrected chi connectivity index (χ3v) is 6.04. The van der Waals surface area contributed by atoms with E-state index in [2.05, 4.69) is 38.4 Å². The summed E-state index contributed by atoms with van der Waals surface area (Å²) in [4.78, 5) is 24.8. The zero-order chi connectivity index (χ0) is 27.5. The lowest BCUT2D eigenvalue weighted by Gasteiger charge is -2.12. The molecule has 0 aromatic heterocycles. The zero-order valence-corrected chi connectivity index (χ0v) is 23.3. The Balaban J connectivity index is 1.55. The van der Waals surface area contributed by atoms with Gasteiger partial charge in [-0.3, -0.25) is 9.59 Å². The van der Waals surface area contributed by atoms with Gasteiger partial charge in [0.25, 0.3) is 11.8 Å². The zero-order valence-electron chi connectivity index (χ0n) is 20.9. The van der Waals surface area contributed by atoms with Gasteiger partial charge in [0.2, 0.25) is 0 Å². The van der Waals surface area contributed by atoms with Crippen molar-refractivity contribution in [3.8, 4) is 17.2 Å². The number of nitrogens with zero attached hydrogens (tertiary/aromatic N) is 1. The number of benzene rings is 3. The number of amides is 2. The molecule has 0 saturated carbocycles. The van der Waals surface area contributed by atoms with Crippen LogP contribution in [0.25, 0.3) is 0 Å². The maximum atomic E-state index is 12.5. The summed E-state index contributed by atoms with van der Waals surface area (Å²) in [6.45, 7) is 7.92. The van der Waals surface area contributed by atoms with E-state index < -0.39 is 5.91 Å². The number of hydrazone groups is 1. The van der Waals surface area contributed by atoms with Crippen LogP contribution in [0.2, 0.25) is 5.02 Å². The summed E-state index contributed by atoms with van der Waals surface area (Å²) in [5.74, 6) is 0.735. The first-order valence-corrected chi connectivity index (χ1v) is 12.8. The van der Waals surface area contributed by atoms with Crippen molar-refractivity contribution < 1.29 is 23.8 Å². The lowest BCUT2D eigenvalue weighted by Crippen LogP contribution is -2.20. The largest absolute Gasteiger partial charge is 0.490 e. The predicted molar refractivity (Wildman–Crippen MR) is 153 cm³/mol. The van der Waals surface area contributed by atoms with E-state index in [-0.39, 0.29) is 12.5 Å². The molecule has 198 valence electrons. The van der Waals surface area contributed by atoms with E-state index in [4.69, 9.17) is 25.8 Å².